The van der Waals surface area contributed by atoms with Gasteiger partial charge in [0.25, 0.3) is 0 Å². The van der Waals surface area contributed by atoms with Gasteiger partial charge in [0.2, 0.25) is 0 Å². The number of benzene rings is 6. The lowest BCUT2D eigenvalue weighted by atomic mass is 10.0. The maximum absolute atomic E-state index is 5.18. The quantitative estimate of drug-likeness (QED) is 0.217. The molecule has 6 aromatic carbocycles. The van der Waals surface area contributed by atoms with Crippen molar-refractivity contribution in [2.24, 2.45) is 0 Å². The lowest BCUT2D eigenvalue weighted by Gasteiger charge is -2.15. The van der Waals surface area contributed by atoms with Crippen LogP contribution in [0.4, 0.5) is 0 Å². The molecular formula is C37H21N3. The number of fused-ring (bicyclic) bond motifs is 13. The average Bonchev–Trinajstić information content (AvgIpc) is 3.67. The van der Waals surface area contributed by atoms with Gasteiger partial charge in [0.1, 0.15) is 11.3 Å². The van der Waals surface area contributed by atoms with Gasteiger partial charge in [-0.25, -0.2) is 4.98 Å². The second-order valence-corrected chi connectivity index (χ2v) is 10.8. The first-order chi connectivity index (χ1) is 19.9. The van der Waals surface area contributed by atoms with Gasteiger partial charge in [-0.05, 0) is 57.3 Å². The van der Waals surface area contributed by atoms with Crippen LogP contribution in [0.5, 0.6) is 0 Å². The second-order valence-electron chi connectivity index (χ2n) is 10.8. The first-order valence-corrected chi connectivity index (χ1v) is 13.8. The van der Waals surface area contributed by atoms with Crippen molar-refractivity contribution in [2.75, 3.05) is 0 Å². The van der Waals surface area contributed by atoms with Crippen molar-refractivity contribution in [1.29, 1.82) is 0 Å². The van der Waals surface area contributed by atoms with Crippen LogP contribution in [-0.2, 0) is 0 Å². The van der Waals surface area contributed by atoms with Gasteiger partial charge in [-0.1, -0.05) is 103 Å². The van der Waals surface area contributed by atoms with E-state index in [-0.39, 0.29) is 0 Å². The van der Waals surface area contributed by atoms with Crippen LogP contribution >= 0.6 is 0 Å². The van der Waals surface area contributed by atoms with Crippen molar-refractivity contribution < 1.29 is 0 Å². The zero-order valence-electron chi connectivity index (χ0n) is 21.5. The molecule has 0 N–H and O–H groups in total. The van der Waals surface area contributed by atoms with Gasteiger partial charge < -0.3 is 0 Å². The summed E-state index contributed by atoms with van der Waals surface area (Å²) in [6.45, 7) is 0. The topological polar surface area (TPSA) is 22.2 Å². The number of aromatic nitrogens is 3. The Morgan fingerprint density at radius 3 is 1.90 bits per heavy atom. The highest BCUT2D eigenvalue weighted by atomic mass is 15.1. The number of pyridine rings is 1. The molecule has 184 valence electrons. The average molecular weight is 508 g/mol. The standard InChI is InChI=1S/C37H21N3/c1-2-11-23-22(10-1)24-15-9-16-28-32(21-20-26(23)34(24)28)39-31-18-7-5-14-29(31)35-25-12-3-4-13-27(25)36-38-30-17-6-8-19-33(30)40(36)37(35)39/h1-21H. The fourth-order valence-electron chi connectivity index (χ4n) is 7.25. The van der Waals surface area contributed by atoms with E-state index in [1.807, 2.05) is 0 Å². The zero-order valence-corrected chi connectivity index (χ0v) is 21.5. The Morgan fingerprint density at radius 1 is 0.425 bits per heavy atom. The fraction of sp³-hybridized carbons (Fsp3) is 0. The van der Waals surface area contributed by atoms with Gasteiger partial charge in [0.15, 0.2) is 0 Å². The number of rotatable bonds is 1. The van der Waals surface area contributed by atoms with Crippen LogP contribution in [0.15, 0.2) is 127 Å². The molecule has 0 atom stereocenters. The predicted octanol–water partition coefficient (Wildman–Crippen LogP) is 9.54. The van der Waals surface area contributed by atoms with Crippen molar-refractivity contribution in [3.05, 3.63) is 127 Å². The minimum Gasteiger partial charge on any atom is -0.294 e. The molecule has 3 nitrogen and oxygen atoms in total. The molecule has 1 aliphatic rings. The molecule has 0 radical (unpaired) electrons. The molecule has 9 aromatic rings. The molecule has 0 fully saturated rings. The summed E-state index contributed by atoms with van der Waals surface area (Å²) in [7, 11) is 0. The van der Waals surface area contributed by atoms with Crippen molar-refractivity contribution in [2.45, 2.75) is 0 Å². The molecule has 0 unspecified atom stereocenters. The van der Waals surface area contributed by atoms with E-state index in [0.717, 1.165) is 22.3 Å². The van der Waals surface area contributed by atoms with Crippen LogP contribution in [0.1, 0.15) is 0 Å². The SMILES string of the molecule is c1ccc2c(c1)-c1cccc3c(-n4c5ccccc5c5c6ccccc6c6nc7ccccc7n6c54)ccc-2c13. The summed E-state index contributed by atoms with van der Waals surface area (Å²) in [5, 5.41) is 7.51. The first kappa shape index (κ1) is 20.5. The highest BCUT2D eigenvalue weighted by Crippen LogP contribution is 2.49. The monoisotopic (exact) mass is 507 g/mol. The molecule has 1 aliphatic carbocycles. The summed E-state index contributed by atoms with van der Waals surface area (Å²) in [4.78, 5) is 5.18. The first-order valence-electron chi connectivity index (χ1n) is 13.8. The normalized spacial score (nSPS) is 12.5. The molecule has 0 aliphatic heterocycles. The van der Waals surface area contributed by atoms with Gasteiger partial charge in [-0.3, -0.25) is 8.97 Å². The third-order valence-corrected chi connectivity index (χ3v) is 8.83. The minimum atomic E-state index is 0.992. The van der Waals surface area contributed by atoms with E-state index in [1.165, 1.54) is 65.8 Å². The van der Waals surface area contributed by atoms with Gasteiger partial charge >= 0.3 is 0 Å². The Labute approximate surface area is 229 Å². The second kappa shape index (κ2) is 7.16. The molecule has 0 bridgehead atoms. The van der Waals surface area contributed by atoms with Gasteiger partial charge in [-0.15, -0.1) is 0 Å². The Kier molecular flexibility index (Phi) is 3.68. The Hall–Kier alpha value is -5.41. The van der Waals surface area contributed by atoms with E-state index < -0.39 is 0 Å². The van der Waals surface area contributed by atoms with Crippen molar-refractivity contribution in [3.8, 4) is 27.9 Å². The molecule has 3 heteroatoms. The number of para-hydroxylation sites is 3. The molecular weight excluding hydrogens is 486 g/mol. The highest BCUT2D eigenvalue weighted by molar-refractivity contribution is 6.25. The summed E-state index contributed by atoms with van der Waals surface area (Å²) in [5.74, 6) is 0. The molecule has 40 heavy (non-hydrogen) atoms. The van der Waals surface area contributed by atoms with Crippen LogP contribution in [0.25, 0.3) is 88.1 Å². The molecule has 0 amide bonds. The molecule has 3 aromatic heterocycles. The number of nitrogens with zero attached hydrogens (tertiary/aromatic N) is 3. The smallest absolute Gasteiger partial charge is 0.147 e. The Bertz CT molecular complexity index is 2520. The Morgan fingerprint density at radius 2 is 1.05 bits per heavy atom. The highest BCUT2D eigenvalue weighted by Gasteiger charge is 2.25. The maximum atomic E-state index is 5.18. The van der Waals surface area contributed by atoms with Crippen LogP contribution in [0, 0.1) is 0 Å². The van der Waals surface area contributed by atoms with Crippen LogP contribution in [0.2, 0.25) is 0 Å². The van der Waals surface area contributed by atoms with E-state index in [0.29, 0.717) is 0 Å². The fourth-order valence-corrected chi connectivity index (χ4v) is 7.25. The molecule has 0 saturated carbocycles. The molecule has 3 heterocycles. The summed E-state index contributed by atoms with van der Waals surface area (Å²) in [5.41, 5.74) is 11.9. The van der Waals surface area contributed by atoms with Crippen molar-refractivity contribution in [1.82, 2.24) is 14.0 Å². The van der Waals surface area contributed by atoms with Crippen LogP contribution < -0.4 is 0 Å². The van der Waals surface area contributed by atoms with Crippen molar-refractivity contribution >= 4 is 60.2 Å². The van der Waals surface area contributed by atoms with Gasteiger partial charge in [0, 0.05) is 21.5 Å². The number of imidazole rings is 1. The summed E-state index contributed by atoms with van der Waals surface area (Å²) in [6.07, 6.45) is 0. The summed E-state index contributed by atoms with van der Waals surface area (Å²) in [6, 6.07) is 46.2. The molecule has 0 saturated heterocycles. The van der Waals surface area contributed by atoms with Gasteiger partial charge in [0.05, 0.1) is 22.2 Å². The van der Waals surface area contributed by atoms with E-state index in [2.05, 4.69) is 136 Å². The third-order valence-electron chi connectivity index (χ3n) is 8.83. The largest absolute Gasteiger partial charge is 0.294 e. The Balaban J connectivity index is 1.49. The van der Waals surface area contributed by atoms with E-state index in [1.54, 1.807) is 0 Å². The predicted molar refractivity (Wildman–Crippen MR) is 166 cm³/mol. The minimum absolute atomic E-state index is 0.992. The zero-order chi connectivity index (χ0) is 25.9. The maximum Gasteiger partial charge on any atom is 0.147 e. The lowest BCUT2D eigenvalue weighted by molar-refractivity contribution is 1.13. The van der Waals surface area contributed by atoms with E-state index in [9.17, 15) is 0 Å². The van der Waals surface area contributed by atoms with Gasteiger partial charge in [-0.2, -0.15) is 0 Å². The van der Waals surface area contributed by atoms with Crippen LogP contribution in [-0.4, -0.2) is 14.0 Å². The van der Waals surface area contributed by atoms with E-state index in [4.69, 9.17) is 4.98 Å². The molecule has 10 rings (SSSR count). The molecule has 0 spiro atoms. The van der Waals surface area contributed by atoms with E-state index >= 15 is 0 Å². The van der Waals surface area contributed by atoms with Crippen molar-refractivity contribution in [3.63, 3.8) is 0 Å². The summed E-state index contributed by atoms with van der Waals surface area (Å²) < 4.78 is 4.86. The van der Waals surface area contributed by atoms with Crippen LogP contribution in [0.3, 0.4) is 0 Å². The third kappa shape index (κ3) is 2.35. The lowest BCUT2D eigenvalue weighted by Crippen LogP contribution is -2.01. The summed E-state index contributed by atoms with van der Waals surface area (Å²) >= 11 is 0. The number of hydrogen-bond donors (Lipinski definition) is 0. The number of hydrogen-bond acceptors (Lipinski definition) is 1.